The van der Waals surface area contributed by atoms with Gasteiger partial charge in [0.05, 0.1) is 22.3 Å². The van der Waals surface area contributed by atoms with E-state index < -0.39 is 35.0 Å². The minimum Gasteiger partial charge on any atom is -0.478 e. The summed E-state index contributed by atoms with van der Waals surface area (Å²) in [5, 5.41) is 18.7. The van der Waals surface area contributed by atoms with E-state index in [1.54, 1.807) is 0 Å². The Labute approximate surface area is 116 Å². The first-order valence-corrected chi connectivity index (χ1v) is 5.74. The van der Waals surface area contributed by atoms with E-state index >= 15 is 0 Å². The second kappa shape index (κ2) is 4.14. The summed E-state index contributed by atoms with van der Waals surface area (Å²) < 4.78 is 4.48. The summed E-state index contributed by atoms with van der Waals surface area (Å²) in [7, 11) is 0. The normalized spacial score (nSPS) is 13.1. The van der Waals surface area contributed by atoms with Crippen molar-refractivity contribution >= 4 is 34.6 Å². The van der Waals surface area contributed by atoms with E-state index in [0.29, 0.717) is 5.39 Å². The van der Waals surface area contributed by atoms with E-state index in [0.717, 1.165) is 12.1 Å². The SMILES string of the molecule is O=C(O)c1cc2ccc3c(c2cc1C(=O)O)C(=O)OC3=O. The molecule has 0 radical (unpaired) electrons. The molecule has 1 aliphatic heterocycles. The molecule has 104 valence electrons. The fraction of sp³-hybridized carbons (Fsp3) is 0. The molecule has 21 heavy (non-hydrogen) atoms. The Balaban J connectivity index is 2.44. The molecule has 0 fully saturated rings. The molecule has 0 bridgehead atoms. The summed E-state index contributed by atoms with van der Waals surface area (Å²) in [6, 6.07) is 5.00. The number of ether oxygens (including phenoxy) is 1. The molecular formula is C14H6O7. The minimum atomic E-state index is -1.44. The smallest absolute Gasteiger partial charge is 0.347 e. The van der Waals surface area contributed by atoms with Crippen LogP contribution in [-0.2, 0) is 4.74 Å². The molecule has 3 rings (SSSR count). The number of hydrogen-bond donors (Lipinski definition) is 2. The van der Waals surface area contributed by atoms with Gasteiger partial charge in [0.1, 0.15) is 0 Å². The number of cyclic esters (lactones) is 2. The van der Waals surface area contributed by atoms with E-state index in [1.165, 1.54) is 12.1 Å². The highest BCUT2D eigenvalue weighted by atomic mass is 16.6. The summed E-state index contributed by atoms with van der Waals surface area (Å²) in [4.78, 5) is 45.4. The molecule has 2 N–H and O–H groups in total. The molecule has 0 unspecified atom stereocenters. The van der Waals surface area contributed by atoms with Gasteiger partial charge in [-0.2, -0.15) is 0 Å². The van der Waals surface area contributed by atoms with Crippen LogP contribution in [0.5, 0.6) is 0 Å². The number of carboxylic acids is 2. The quantitative estimate of drug-likeness (QED) is 0.635. The average Bonchev–Trinajstić information content (AvgIpc) is 2.72. The first-order valence-electron chi connectivity index (χ1n) is 5.74. The van der Waals surface area contributed by atoms with Crippen molar-refractivity contribution in [3.8, 4) is 0 Å². The molecule has 0 saturated heterocycles. The van der Waals surface area contributed by atoms with Crippen LogP contribution in [0.15, 0.2) is 24.3 Å². The lowest BCUT2D eigenvalue weighted by atomic mass is 9.95. The highest BCUT2D eigenvalue weighted by Crippen LogP contribution is 2.30. The highest BCUT2D eigenvalue weighted by molar-refractivity contribution is 6.22. The van der Waals surface area contributed by atoms with Gasteiger partial charge in [0.2, 0.25) is 0 Å². The number of hydrogen-bond acceptors (Lipinski definition) is 5. The molecular weight excluding hydrogens is 280 g/mol. The number of benzene rings is 2. The van der Waals surface area contributed by atoms with Crippen molar-refractivity contribution < 1.29 is 34.1 Å². The van der Waals surface area contributed by atoms with E-state index in [2.05, 4.69) is 4.74 Å². The third-order valence-electron chi connectivity index (χ3n) is 3.23. The Bertz CT molecular complexity index is 863. The summed E-state index contributed by atoms with van der Waals surface area (Å²) in [6.45, 7) is 0. The van der Waals surface area contributed by atoms with Crippen LogP contribution in [0.2, 0.25) is 0 Å². The van der Waals surface area contributed by atoms with Gasteiger partial charge in [-0.15, -0.1) is 0 Å². The van der Waals surface area contributed by atoms with Gasteiger partial charge in [0, 0.05) is 0 Å². The first kappa shape index (κ1) is 12.8. The molecule has 0 amide bonds. The summed E-state index contributed by atoms with van der Waals surface area (Å²) in [5.74, 6) is -4.52. The van der Waals surface area contributed by atoms with Crippen LogP contribution in [0.4, 0.5) is 0 Å². The number of aromatic carboxylic acids is 2. The van der Waals surface area contributed by atoms with Crippen molar-refractivity contribution in [1.82, 2.24) is 0 Å². The molecule has 2 aromatic carbocycles. The highest BCUT2D eigenvalue weighted by Gasteiger charge is 2.32. The minimum absolute atomic E-state index is 0.0342. The second-order valence-corrected chi connectivity index (χ2v) is 4.39. The number of esters is 2. The molecule has 7 heteroatoms. The largest absolute Gasteiger partial charge is 0.478 e. The summed E-state index contributed by atoms with van der Waals surface area (Å²) in [6.07, 6.45) is 0. The first-order chi connectivity index (χ1) is 9.90. The van der Waals surface area contributed by atoms with Crippen molar-refractivity contribution in [3.05, 3.63) is 46.5 Å². The van der Waals surface area contributed by atoms with Gasteiger partial charge < -0.3 is 14.9 Å². The third-order valence-corrected chi connectivity index (χ3v) is 3.23. The van der Waals surface area contributed by atoms with Crippen LogP contribution < -0.4 is 0 Å². The topological polar surface area (TPSA) is 118 Å². The van der Waals surface area contributed by atoms with Crippen LogP contribution >= 0.6 is 0 Å². The van der Waals surface area contributed by atoms with Crippen molar-refractivity contribution in [2.75, 3.05) is 0 Å². The number of carbonyl (C=O) groups is 4. The lowest BCUT2D eigenvalue weighted by molar-refractivity contribution is 0.0443. The van der Waals surface area contributed by atoms with E-state index in [-0.39, 0.29) is 16.5 Å². The van der Waals surface area contributed by atoms with Crippen molar-refractivity contribution in [1.29, 1.82) is 0 Å². The van der Waals surface area contributed by atoms with Gasteiger partial charge in [-0.3, -0.25) is 0 Å². The predicted molar refractivity (Wildman–Crippen MR) is 67.6 cm³/mol. The molecule has 0 aliphatic carbocycles. The molecule has 1 heterocycles. The molecule has 1 aliphatic rings. The monoisotopic (exact) mass is 286 g/mol. The molecule has 0 spiro atoms. The Morgan fingerprint density at radius 3 is 2.14 bits per heavy atom. The van der Waals surface area contributed by atoms with E-state index in [1.807, 2.05) is 0 Å². The molecule has 0 aromatic heterocycles. The Kier molecular flexibility index (Phi) is 2.52. The number of rotatable bonds is 2. The maximum Gasteiger partial charge on any atom is 0.347 e. The molecule has 0 atom stereocenters. The van der Waals surface area contributed by atoms with E-state index in [9.17, 15) is 19.2 Å². The predicted octanol–water partition coefficient (Wildman–Crippen LogP) is 1.55. The fourth-order valence-electron chi connectivity index (χ4n) is 2.31. The maximum atomic E-state index is 11.7. The zero-order chi connectivity index (χ0) is 15.3. The zero-order valence-electron chi connectivity index (χ0n) is 10.2. The Morgan fingerprint density at radius 1 is 0.905 bits per heavy atom. The van der Waals surface area contributed by atoms with Gasteiger partial charge in [0.15, 0.2) is 0 Å². The fourth-order valence-corrected chi connectivity index (χ4v) is 2.31. The second-order valence-electron chi connectivity index (χ2n) is 4.39. The van der Waals surface area contributed by atoms with Gasteiger partial charge in [-0.25, -0.2) is 19.2 Å². The van der Waals surface area contributed by atoms with Crippen LogP contribution in [-0.4, -0.2) is 34.1 Å². The van der Waals surface area contributed by atoms with Gasteiger partial charge >= 0.3 is 23.9 Å². The molecule has 2 aromatic rings. The van der Waals surface area contributed by atoms with Crippen molar-refractivity contribution in [2.24, 2.45) is 0 Å². The summed E-state index contributed by atoms with van der Waals surface area (Å²) >= 11 is 0. The molecule has 7 nitrogen and oxygen atoms in total. The van der Waals surface area contributed by atoms with Crippen molar-refractivity contribution in [3.63, 3.8) is 0 Å². The third kappa shape index (κ3) is 1.75. The average molecular weight is 286 g/mol. The number of fused-ring (bicyclic) bond motifs is 3. The Hall–Kier alpha value is -3.22. The Morgan fingerprint density at radius 2 is 1.52 bits per heavy atom. The summed E-state index contributed by atoms with van der Waals surface area (Å²) in [5.41, 5.74) is -0.868. The lowest BCUT2D eigenvalue weighted by Crippen LogP contribution is -2.08. The standard InChI is InChI=1S/C14H6O7/c15-11(16)8-3-5-1-2-6-10(14(20)21-13(6)19)7(5)4-9(8)12(17)18/h1-4H,(H,15,16)(H,17,18). The van der Waals surface area contributed by atoms with Crippen molar-refractivity contribution in [2.45, 2.75) is 0 Å². The molecule has 0 saturated carbocycles. The van der Waals surface area contributed by atoms with Gasteiger partial charge in [0.25, 0.3) is 0 Å². The maximum absolute atomic E-state index is 11.7. The number of carbonyl (C=O) groups excluding carboxylic acids is 2. The number of carboxylic acid groups (broad SMARTS) is 2. The van der Waals surface area contributed by atoms with E-state index in [4.69, 9.17) is 10.2 Å². The lowest BCUT2D eigenvalue weighted by Gasteiger charge is -2.06. The van der Waals surface area contributed by atoms with Gasteiger partial charge in [-0.05, 0) is 29.0 Å². The zero-order valence-corrected chi connectivity index (χ0v) is 10.2. The van der Waals surface area contributed by atoms with Crippen LogP contribution in [0.1, 0.15) is 41.4 Å². The van der Waals surface area contributed by atoms with Crippen LogP contribution in [0.3, 0.4) is 0 Å². The van der Waals surface area contributed by atoms with Gasteiger partial charge in [-0.1, -0.05) is 6.07 Å². The van der Waals surface area contributed by atoms with Crippen LogP contribution in [0.25, 0.3) is 10.8 Å². The van der Waals surface area contributed by atoms with Crippen LogP contribution in [0, 0.1) is 0 Å².